The van der Waals surface area contributed by atoms with Gasteiger partial charge in [0, 0.05) is 6.07 Å². The van der Waals surface area contributed by atoms with Crippen LogP contribution in [0.3, 0.4) is 0 Å². The largest absolute Gasteiger partial charge is 0.496 e. The van der Waals surface area contributed by atoms with Crippen molar-refractivity contribution in [2.24, 2.45) is 0 Å². The third-order valence-electron chi connectivity index (χ3n) is 2.09. The SMILES string of the molecule is COc1cc(C(=O)CC#N)c(OC)cc1N. The van der Waals surface area contributed by atoms with Crippen LogP contribution in [0.15, 0.2) is 12.1 Å². The first kappa shape index (κ1) is 11.9. The normalized spacial score (nSPS) is 9.31. The van der Waals surface area contributed by atoms with Crippen molar-refractivity contribution in [2.75, 3.05) is 20.0 Å². The van der Waals surface area contributed by atoms with Crippen molar-refractivity contribution >= 4 is 11.5 Å². The number of nitrogens with two attached hydrogens (primary N) is 1. The number of nitriles is 1. The monoisotopic (exact) mass is 220 g/mol. The Balaban J connectivity index is 3.25. The Bertz CT molecular complexity index is 449. The molecule has 0 radical (unpaired) electrons. The van der Waals surface area contributed by atoms with Gasteiger partial charge >= 0.3 is 0 Å². The van der Waals surface area contributed by atoms with Crippen LogP contribution in [0.2, 0.25) is 0 Å². The zero-order valence-corrected chi connectivity index (χ0v) is 9.11. The summed E-state index contributed by atoms with van der Waals surface area (Å²) in [7, 11) is 2.89. The van der Waals surface area contributed by atoms with Gasteiger partial charge in [0.2, 0.25) is 0 Å². The average Bonchev–Trinajstić information content (AvgIpc) is 2.28. The number of ketones is 1. The van der Waals surface area contributed by atoms with Crippen molar-refractivity contribution < 1.29 is 14.3 Å². The molecule has 0 aliphatic heterocycles. The number of benzene rings is 1. The highest BCUT2D eigenvalue weighted by atomic mass is 16.5. The summed E-state index contributed by atoms with van der Waals surface area (Å²) in [6.45, 7) is 0. The van der Waals surface area contributed by atoms with Gasteiger partial charge in [-0.15, -0.1) is 0 Å². The number of methoxy groups -OCH3 is 2. The van der Waals surface area contributed by atoms with Crippen molar-refractivity contribution in [3.8, 4) is 17.6 Å². The van der Waals surface area contributed by atoms with E-state index in [-0.39, 0.29) is 12.2 Å². The molecule has 1 aromatic carbocycles. The van der Waals surface area contributed by atoms with Gasteiger partial charge in [-0.25, -0.2) is 0 Å². The third-order valence-corrected chi connectivity index (χ3v) is 2.09. The quantitative estimate of drug-likeness (QED) is 0.612. The van der Waals surface area contributed by atoms with E-state index in [0.29, 0.717) is 22.7 Å². The minimum absolute atomic E-state index is 0.205. The Morgan fingerprint density at radius 2 is 2.00 bits per heavy atom. The summed E-state index contributed by atoms with van der Waals surface area (Å²) in [6.07, 6.45) is -0.205. The highest BCUT2D eigenvalue weighted by Gasteiger charge is 2.15. The summed E-state index contributed by atoms with van der Waals surface area (Å²) < 4.78 is 10.0. The van der Waals surface area contributed by atoms with Crippen molar-refractivity contribution in [3.05, 3.63) is 17.7 Å². The van der Waals surface area contributed by atoms with E-state index in [9.17, 15) is 4.79 Å². The number of ether oxygens (including phenoxy) is 2. The van der Waals surface area contributed by atoms with Gasteiger partial charge < -0.3 is 15.2 Å². The number of rotatable bonds is 4. The molecule has 0 saturated heterocycles. The van der Waals surface area contributed by atoms with E-state index in [4.69, 9.17) is 20.5 Å². The molecular formula is C11H12N2O3. The smallest absolute Gasteiger partial charge is 0.180 e. The lowest BCUT2D eigenvalue weighted by molar-refractivity contribution is 0.0994. The average molecular weight is 220 g/mol. The molecule has 0 spiro atoms. The fourth-order valence-corrected chi connectivity index (χ4v) is 1.31. The second kappa shape index (κ2) is 5.03. The van der Waals surface area contributed by atoms with E-state index < -0.39 is 0 Å². The summed E-state index contributed by atoms with van der Waals surface area (Å²) >= 11 is 0. The predicted octanol–water partition coefficient (Wildman–Crippen LogP) is 1.38. The molecule has 0 heterocycles. The number of Topliss-reactive ketones (excluding diaryl/α,β-unsaturated/α-hetero) is 1. The van der Waals surface area contributed by atoms with E-state index >= 15 is 0 Å². The molecule has 0 bridgehead atoms. The van der Waals surface area contributed by atoms with Gasteiger partial charge in [0.05, 0.1) is 38.0 Å². The maximum atomic E-state index is 11.6. The van der Waals surface area contributed by atoms with E-state index in [2.05, 4.69) is 0 Å². The molecule has 0 fully saturated rings. The molecule has 0 aliphatic carbocycles. The van der Waals surface area contributed by atoms with Crippen molar-refractivity contribution in [1.29, 1.82) is 5.26 Å². The van der Waals surface area contributed by atoms with Gasteiger partial charge in [-0.3, -0.25) is 4.79 Å². The molecule has 1 aromatic rings. The molecule has 5 nitrogen and oxygen atoms in total. The number of carbonyl (C=O) groups is 1. The molecule has 84 valence electrons. The summed E-state index contributed by atoms with van der Waals surface area (Å²) in [5.41, 5.74) is 6.35. The van der Waals surface area contributed by atoms with Gasteiger partial charge in [0.15, 0.2) is 5.78 Å². The summed E-state index contributed by atoms with van der Waals surface area (Å²) in [5, 5.41) is 8.48. The van der Waals surface area contributed by atoms with Crippen LogP contribution < -0.4 is 15.2 Å². The topological polar surface area (TPSA) is 85.3 Å². The number of nitrogens with zero attached hydrogens (tertiary/aromatic N) is 1. The summed E-state index contributed by atoms with van der Waals surface area (Å²) in [5.74, 6) is 0.415. The third kappa shape index (κ3) is 2.23. The van der Waals surface area contributed by atoms with Gasteiger partial charge in [-0.05, 0) is 6.07 Å². The number of hydrogen-bond acceptors (Lipinski definition) is 5. The molecule has 1 rings (SSSR count). The molecule has 5 heteroatoms. The van der Waals surface area contributed by atoms with Crippen LogP contribution in [0.25, 0.3) is 0 Å². The second-order valence-electron chi connectivity index (χ2n) is 3.05. The molecule has 16 heavy (non-hydrogen) atoms. The maximum absolute atomic E-state index is 11.6. The highest BCUT2D eigenvalue weighted by molar-refractivity contribution is 6.00. The Hall–Kier alpha value is -2.22. The van der Waals surface area contributed by atoms with Crippen molar-refractivity contribution in [3.63, 3.8) is 0 Å². The lowest BCUT2D eigenvalue weighted by atomic mass is 10.1. The predicted molar refractivity (Wildman–Crippen MR) is 58.5 cm³/mol. The zero-order chi connectivity index (χ0) is 12.1. The lowest BCUT2D eigenvalue weighted by Crippen LogP contribution is -2.03. The summed E-state index contributed by atoms with van der Waals surface area (Å²) in [6, 6.07) is 4.78. The van der Waals surface area contributed by atoms with E-state index in [0.717, 1.165) is 0 Å². The lowest BCUT2D eigenvalue weighted by Gasteiger charge is -2.10. The zero-order valence-electron chi connectivity index (χ0n) is 9.11. The Morgan fingerprint density at radius 1 is 1.38 bits per heavy atom. The molecule has 0 aliphatic rings. The Labute approximate surface area is 93.4 Å². The van der Waals surface area contributed by atoms with Crippen LogP contribution in [-0.2, 0) is 0 Å². The first-order chi connectivity index (χ1) is 7.63. The van der Waals surface area contributed by atoms with Gasteiger partial charge in [0.1, 0.15) is 11.5 Å². The molecule has 0 atom stereocenters. The number of nitrogen functional groups attached to an aromatic ring is 1. The van der Waals surface area contributed by atoms with Crippen LogP contribution in [0.5, 0.6) is 11.5 Å². The van der Waals surface area contributed by atoms with Gasteiger partial charge in [0.25, 0.3) is 0 Å². The first-order valence-corrected chi connectivity index (χ1v) is 4.55. The number of hydrogen-bond donors (Lipinski definition) is 1. The van der Waals surface area contributed by atoms with E-state index in [1.54, 1.807) is 6.07 Å². The van der Waals surface area contributed by atoms with Crippen molar-refractivity contribution in [1.82, 2.24) is 0 Å². The van der Waals surface area contributed by atoms with E-state index in [1.807, 2.05) is 0 Å². The highest BCUT2D eigenvalue weighted by Crippen LogP contribution is 2.31. The van der Waals surface area contributed by atoms with Crippen LogP contribution in [-0.4, -0.2) is 20.0 Å². The van der Waals surface area contributed by atoms with Crippen LogP contribution in [0.1, 0.15) is 16.8 Å². The minimum atomic E-state index is -0.322. The molecule has 0 aromatic heterocycles. The fourth-order valence-electron chi connectivity index (χ4n) is 1.31. The molecule has 2 N–H and O–H groups in total. The number of carbonyl (C=O) groups excluding carboxylic acids is 1. The van der Waals surface area contributed by atoms with Crippen LogP contribution in [0, 0.1) is 11.3 Å². The second-order valence-corrected chi connectivity index (χ2v) is 3.05. The first-order valence-electron chi connectivity index (χ1n) is 4.55. The Morgan fingerprint density at radius 3 is 2.50 bits per heavy atom. The standard InChI is InChI=1S/C11H12N2O3/c1-15-10-6-8(13)11(16-2)5-7(10)9(14)3-4-12/h5-6H,3,13H2,1-2H3. The van der Waals surface area contributed by atoms with E-state index in [1.165, 1.54) is 26.4 Å². The van der Waals surface area contributed by atoms with Gasteiger partial charge in [-0.2, -0.15) is 5.26 Å². The molecule has 0 unspecified atom stereocenters. The maximum Gasteiger partial charge on any atom is 0.180 e. The molecule has 0 amide bonds. The number of anilines is 1. The molecular weight excluding hydrogens is 208 g/mol. The van der Waals surface area contributed by atoms with Crippen LogP contribution >= 0.6 is 0 Å². The fraction of sp³-hybridized carbons (Fsp3) is 0.273. The van der Waals surface area contributed by atoms with Crippen molar-refractivity contribution in [2.45, 2.75) is 6.42 Å². The molecule has 0 saturated carbocycles. The minimum Gasteiger partial charge on any atom is -0.496 e. The summed E-state index contributed by atoms with van der Waals surface area (Å²) in [4.78, 5) is 11.6. The Kier molecular flexibility index (Phi) is 3.72. The van der Waals surface area contributed by atoms with Crippen LogP contribution in [0.4, 0.5) is 5.69 Å². The van der Waals surface area contributed by atoms with Gasteiger partial charge in [-0.1, -0.05) is 0 Å².